The van der Waals surface area contributed by atoms with Crippen molar-refractivity contribution >= 4 is 70.9 Å². The van der Waals surface area contributed by atoms with Crippen LogP contribution in [-0.4, -0.2) is 171 Å². The first-order chi connectivity index (χ1) is 32.1. The van der Waals surface area contributed by atoms with Crippen LogP contribution in [0.15, 0.2) is 17.5 Å². The van der Waals surface area contributed by atoms with Gasteiger partial charge in [-0.15, -0.1) is 0 Å². The van der Waals surface area contributed by atoms with E-state index in [-0.39, 0.29) is 70.0 Å². The van der Waals surface area contributed by atoms with E-state index in [0.717, 1.165) is 0 Å². The number of carboxylic acid groups (broad SMARTS) is 1. The first-order valence-corrected chi connectivity index (χ1v) is 24.4. The normalized spacial score (nSPS) is 18.4. The summed E-state index contributed by atoms with van der Waals surface area (Å²) in [4.78, 5) is 134. The van der Waals surface area contributed by atoms with Gasteiger partial charge in [-0.05, 0) is 82.1 Å². The number of guanidine groups is 1. The van der Waals surface area contributed by atoms with E-state index in [2.05, 4.69) is 46.9 Å². The molecular weight excluding hydrogens is 905 g/mol. The van der Waals surface area contributed by atoms with E-state index >= 15 is 0 Å². The number of thioether (sulfide) groups is 1. The summed E-state index contributed by atoms with van der Waals surface area (Å²) in [5.74, 6) is -6.15. The minimum Gasteiger partial charge on any atom is -0.480 e. The summed E-state index contributed by atoms with van der Waals surface area (Å²) in [5, 5.41) is 25.2. The van der Waals surface area contributed by atoms with Crippen molar-refractivity contribution in [1.82, 2.24) is 51.7 Å². The molecule has 14 N–H and O–H groups in total. The molecule has 8 atom stereocenters. The number of carbonyl (C=O) groups is 9. The number of nitrogens with one attached hydrogen (secondary N) is 7. The number of aliphatic imine (C=N–C) groups is 1. The van der Waals surface area contributed by atoms with Crippen LogP contribution in [0.4, 0.5) is 0 Å². The second kappa shape index (κ2) is 27.7. The molecule has 1 aromatic rings. The highest BCUT2D eigenvalue weighted by atomic mass is 32.2. The first-order valence-electron chi connectivity index (χ1n) is 23.0. The maximum atomic E-state index is 14.3. The van der Waals surface area contributed by atoms with Gasteiger partial charge in [-0.2, -0.15) is 11.8 Å². The van der Waals surface area contributed by atoms with Gasteiger partial charge in [0, 0.05) is 37.9 Å². The molecule has 380 valence electrons. The fourth-order valence-corrected chi connectivity index (χ4v) is 8.42. The van der Waals surface area contributed by atoms with Crippen molar-refractivity contribution in [3.05, 3.63) is 18.2 Å². The zero-order chi connectivity index (χ0) is 50.7. The van der Waals surface area contributed by atoms with Crippen molar-refractivity contribution in [1.29, 1.82) is 0 Å². The maximum absolute atomic E-state index is 14.3. The Kier molecular flexibility index (Phi) is 23.0. The number of nitrogens with two attached hydrogens (primary N) is 3. The average molecular weight is 977 g/mol. The Labute approximate surface area is 401 Å². The second-order valence-electron chi connectivity index (χ2n) is 17.9. The van der Waals surface area contributed by atoms with Gasteiger partial charge in [0.15, 0.2) is 5.96 Å². The van der Waals surface area contributed by atoms with E-state index in [4.69, 9.17) is 17.2 Å². The van der Waals surface area contributed by atoms with Gasteiger partial charge in [-0.1, -0.05) is 27.7 Å². The number of aromatic amines is 1. The van der Waals surface area contributed by atoms with Gasteiger partial charge in [-0.25, -0.2) is 9.78 Å². The number of aromatic nitrogens is 2. The summed E-state index contributed by atoms with van der Waals surface area (Å²) >= 11 is 1.47. The van der Waals surface area contributed by atoms with Crippen LogP contribution < -0.4 is 49.1 Å². The Bertz CT molecular complexity index is 1930. The Morgan fingerprint density at radius 2 is 1.44 bits per heavy atom. The summed E-state index contributed by atoms with van der Waals surface area (Å²) in [5.41, 5.74) is 17.3. The molecule has 2 aliphatic heterocycles. The highest BCUT2D eigenvalue weighted by molar-refractivity contribution is 7.98. The Hall–Kier alpha value is -5.98. The van der Waals surface area contributed by atoms with E-state index in [9.17, 15) is 48.3 Å². The number of imidazole rings is 1. The summed E-state index contributed by atoms with van der Waals surface area (Å²) in [6.45, 7) is 8.63. The SMILES string of the molecule is CSCC[C@H](NC(=O)[C@@H](N)CCCN=C(N)N)C(=O)N[C@@H](CC(C)C)C(=O)N1CCC[C@H]1C(=O)N[C@@H](Cc1cnc[nH]1)C(=O)N[C@@H](C)C(=O)N1CCC[C@H]1C(=O)NCC(=O)N[C@H](C(=O)O)C(C)C. The molecule has 0 saturated carbocycles. The number of carboxylic acids is 1. The van der Waals surface area contributed by atoms with Crippen LogP contribution in [0.25, 0.3) is 0 Å². The lowest BCUT2D eigenvalue weighted by Crippen LogP contribution is -2.60. The minimum atomic E-state index is -1.25. The first kappa shape index (κ1) is 56.3. The number of likely N-dealkylation sites (tertiary alicyclic amines) is 2. The lowest BCUT2D eigenvalue weighted by molar-refractivity contribution is -0.143. The zero-order valence-corrected chi connectivity index (χ0v) is 40.7. The van der Waals surface area contributed by atoms with Gasteiger partial charge in [-0.3, -0.25) is 43.3 Å². The standard InChI is InChI=1S/C43H72N14O10S/c1-23(2)18-30(54-36(60)28(13-17-68-6)52-35(59)27(44)10-7-14-48-43(45)46)41(65)57-16-9-12-32(57)39(63)53-29(19-26-20-47-22-50-26)37(61)51-25(5)40(64)56-15-8-11-31(56)38(62)49-21-33(58)55-34(24(3)4)42(66)67/h20,22-25,27-32,34H,7-19,21,44H2,1-6H3,(H,47,50)(H,49,62)(H,51,61)(H,52,59)(H,53,63)(H,54,60)(H,55,58)(H,66,67)(H4,45,46,48)/t25-,27-,28-,29-,30-,31-,32-,34-/m0/s1. The highest BCUT2D eigenvalue weighted by Crippen LogP contribution is 2.22. The molecule has 24 nitrogen and oxygen atoms in total. The smallest absolute Gasteiger partial charge is 0.326 e. The zero-order valence-electron chi connectivity index (χ0n) is 39.9. The molecule has 8 amide bonds. The largest absolute Gasteiger partial charge is 0.480 e. The topological polar surface area (TPSA) is 372 Å². The Balaban J connectivity index is 1.71. The molecule has 25 heteroatoms. The third kappa shape index (κ3) is 17.6. The van der Waals surface area contributed by atoms with E-state index in [0.29, 0.717) is 30.7 Å². The molecule has 0 unspecified atom stereocenters. The fourth-order valence-electron chi connectivity index (χ4n) is 7.95. The van der Waals surface area contributed by atoms with Gasteiger partial charge in [0.05, 0.1) is 18.9 Å². The number of H-pyrrole nitrogens is 1. The predicted octanol–water partition coefficient (Wildman–Crippen LogP) is -2.59. The van der Waals surface area contributed by atoms with Crippen molar-refractivity contribution in [3.63, 3.8) is 0 Å². The van der Waals surface area contributed by atoms with Gasteiger partial charge in [0.1, 0.15) is 42.3 Å². The van der Waals surface area contributed by atoms with Gasteiger partial charge in [0.25, 0.3) is 0 Å². The van der Waals surface area contributed by atoms with E-state index < -0.39 is 114 Å². The summed E-state index contributed by atoms with van der Waals surface area (Å²) < 4.78 is 0. The Morgan fingerprint density at radius 3 is 2.01 bits per heavy atom. The van der Waals surface area contributed by atoms with E-state index in [1.807, 2.05) is 20.1 Å². The van der Waals surface area contributed by atoms with Crippen LogP contribution >= 0.6 is 11.8 Å². The summed E-state index contributed by atoms with van der Waals surface area (Å²) in [6.07, 6.45) is 7.31. The molecule has 68 heavy (non-hydrogen) atoms. The number of carbonyl (C=O) groups excluding carboxylic acids is 8. The van der Waals surface area contributed by atoms with Crippen LogP contribution in [0.1, 0.15) is 91.7 Å². The molecule has 0 radical (unpaired) electrons. The summed E-state index contributed by atoms with van der Waals surface area (Å²) in [6, 6.07) is -8.54. The van der Waals surface area contributed by atoms with E-state index in [1.165, 1.54) is 41.0 Å². The third-order valence-corrected chi connectivity index (χ3v) is 12.2. The molecule has 0 bridgehead atoms. The van der Waals surface area contributed by atoms with E-state index in [1.54, 1.807) is 13.8 Å². The molecule has 0 aromatic carbocycles. The molecular formula is C43H72N14O10S. The van der Waals surface area contributed by atoms with Crippen molar-refractivity contribution in [3.8, 4) is 0 Å². The van der Waals surface area contributed by atoms with Gasteiger partial charge < -0.3 is 69.0 Å². The molecule has 0 aliphatic carbocycles. The Morgan fingerprint density at radius 1 is 0.824 bits per heavy atom. The van der Waals surface area contributed by atoms with Crippen LogP contribution in [0.3, 0.4) is 0 Å². The molecule has 2 saturated heterocycles. The van der Waals surface area contributed by atoms with Crippen molar-refractivity contribution in [2.24, 2.45) is 34.0 Å². The van der Waals surface area contributed by atoms with Crippen LogP contribution in [-0.2, 0) is 49.6 Å². The molecule has 0 spiro atoms. The lowest BCUT2D eigenvalue weighted by atomic mass is 10.0. The van der Waals surface area contributed by atoms with Crippen molar-refractivity contribution in [2.75, 3.05) is 38.2 Å². The van der Waals surface area contributed by atoms with Gasteiger partial charge in [0.2, 0.25) is 47.3 Å². The average Bonchev–Trinajstić information content (AvgIpc) is 4.09. The number of aliphatic carboxylic acids is 1. The lowest BCUT2D eigenvalue weighted by Gasteiger charge is -2.31. The highest BCUT2D eigenvalue weighted by Gasteiger charge is 2.41. The van der Waals surface area contributed by atoms with Crippen molar-refractivity contribution in [2.45, 2.75) is 141 Å². The van der Waals surface area contributed by atoms with Crippen LogP contribution in [0, 0.1) is 11.8 Å². The molecule has 2 fully saturated rings. The monoisotopic (exact) mass is 977 g/mol. The predicted molar refractivity (Wildman–Crippen MR) is 253 cm³/mol. The number of amides is 8. The number of nitrogens with zero attached hydrogens (tertiary/aromatic N) is 4. The summed E-state index contributed by atoms with van der Waals surface area (Å²) in [7, 11) is 0. The second-order valence-corrected chi connectivity index (χ2v) is 18.9. The molecule has 3 rings (SSSR count). The molecule has 2 aliphatic rings. The number of hydrogen-bond donors (Lipinski definition) is 11. The van der Waals surface area contributed by atoms with Crippen LogP contribution in [0.2, 0.25) is 0 Å². The quantitative estimate of drug-likeness (QED) is 0.0245. The maximum Gasteiger partial charge on any atom is 0.326 e. The van der Waals surface area contributed by atoms with Gasteiger partial charge >= 0.3 is 5.97 Å². The number of hydrogen-bond acceptors (Lipinski definition) is 13. The van der Waals surface area contributed by atoms with Crippen LogP contribution in [0.5, 0.6) is 0 Å². The molecule has 3 heterocycles. The fraction of sp³-hybridized carbons (Fsp3) is 0.698. The number of rotatable bonds is 27. The third-order valence-electron chi connectivity index (χ3n) is 11.6. The van der Waals surface area contributed by atoms with Crippen molar-refractivity contribution < 1.29 is 48.3 Å². The molecule has 1 aromatic heterocycles. The minimum absolute atomic E-state index is 0.0649.